The third kappa shape index (κ3) is 4.67. The van der Waals surface area contributed by atoms with Gasteiger partial charge in [-0.05, 0) is 88.4 Å². The van der Waals surface area contributed by atoms with E-state index in [4.69, 9.17) is 21.1 Å². The number of fused-ring (bicyclic) bond motifs is 5. The van der Waals surface area contributed by atoms with Gasteiger partial charge in [-0.25, -0.2) is 0 Å². The number of benzene rings is 2. The number of aromatic nitrogens is 2. The minimum absolute atomic E-state index is 0.0773. The van der Waals surface area contributed by atoms with Crippen molar-refractivity contribution in [3.63, 3.8) is 0 Å². The van der Waals surface area contributed by atoms with E-state index in [1.807, 2.05) is 12.1 Å². The Hall–Kier alpha value is -2.45. The predicted molar refractivity (Wildman–Crippen MR) is 156 cm³/mol. The Labute approximate surface area is 235 Å². The Morgan fingerprint density at radius 3 is 2.44 bits per heavy atom. The molecule has 0 radical (unpaired) electrons. The first-order valence-corrected chi connectivity index (χ1v) is 14.6. The van der Waals surface area contributed by atoms with Gasteiger partial charge in [0.25, 0.3) is 5.56 Å². The zero-order valence-corrected chi connectivity index (χ0v) is 24.2. The second kappa shape index (κ2) is 10.5. The molecule has 3 aliphatic heterocycles. The van der Waals surface area contributed by atoms with E-state index < -0.39 is 0 Å². The Balaban J connectivity index is 1.17. The minimum atomic E-state index is -0.365. The van der Waals surface area contributed by atoms with Crippen LogP contribution in [0.25, 0.3) is 16.6 Å². The molecular weight excluding hydrogens is 512 g/mol. The normalized spacial score (nSPS) is 20.1. The van der Waals surface area contributed by atoms with Gasteiger partial charge in [-0.15, -0.1) is 0 Å². The third-order valence-corrected chi connectivity index (χ3v) is 9.61. The molecule has 7 nitrogen and oxygen atoms in total. The molecule has 3 aromatic rings. The van der Waals surface area contributed by atoms with Crippen LogP contribution >= 0.6 is 11.6 Å². The van der Waals surface area contributed by atoms with Crippen LogP contribution in [0.1, 0.15) is 50.9 Å². The fourth-order valence-corrected chi connectivity index (χ4v) is 7.32. The molecule has 2 fully saturated rings. The first-order valence-electron chi connectivity index (χ1n) is 14.2. The molecule has 0 saturated carbocycles. The maximum atomic E-state index is 12.9. The van der Waals surface area contributed by atoms with Crippen LogP contribution in [0, 0.1) is 11.8 Å². The molecule has 0 atom stereocenters. The highest BCUT2D eigenvalue weighted by Crippen LogP contribution is 2.44. The number of nitrogens with zero attached hydrogens (tertiary/aromatic N) is 4. The average molecular weight is 551 g/mol. The molecule has 6 rings (SSSR count). The lowest BCUT2D eigenvalue weighted by atomic mass is 9.85. The summed E-state index contributed by atoms with van der Waals surface area (Å²) < 4.78 is 13.1. The number of halogens is 1. The molecule has 208 valence electrons. The molecule has 2 aromatic carbocycles. The molecule has 0 amide bonds. The molecule has 8 heteroatoms. The van der Waals surface area contributed by atoms with Gasteiger partial charge in [0, 0.05) is 45.5 Å². The number of ether oxygens (including phenoxy) is 2. The first kappa shape index (κ1) is 26.8. The van der Waals surface area contributed by atoms with Crippen LogP contribution < -0.4 is 10.5 Å². The SMILES string of the molecule is COC(OC)C1CCN(CC2CCN(c3ccc4c(c3)-n3c(nc(=O)c5c(Cl)cccc53)C4(C)C)CC2)CC1. The number of likely N-dealkylation sites (tertiary alicyclic amines) is 1. The van der Waals surface area contributed by atoms with Gasteiger partial charge in [-0.3, -0.25) is 9.36 Å². The van der Waals surface area contributed by atoms with E-state index >= 15 is 0 Å². The van der Waals surface area contributed by atoms with E-state index in [-0.39, 0.29) is 17.3 Å². The Morgan fingerprint density at radius 1 is 1.03 bits per heavy atom. The van der Waals surface area contributed by atoms with Crippen molar-refractivity contribution in [3.05, 3.63) is 63.2 Å². The van der Waals surface area contributed by atoms with E-state index in [0.717, 1.165) is 62.0 Å². The summed E-state index contributed by atoms with van der Waals surface area (Å²) in [4.78, 5) is 22.6. The molecule has 0 N–H and O–H groups in total. The fourth-order valence-electron chi connectivity index (χ4n) is 7.07. The minimum Gasteiger partial charge on any atom is -0.371 e. The maximum absolute atomic E-state index is 12.9. The predicted octanol–water partition coefficient (Wildman–Crippen LogP) is 5.23. The quantitative estimate of drug-likeness (QED) is 0.392. The molecule has 0 bridgehead atoms. The van der Waals surface area contributed by atoms with Gasteiger partial charge in [0.1, 0.15) is 5.82 Å². The van der Waals surface area contributed by atoms with E-state index in [2.05, 4.69) is 51.4 Å². The number of hydrogen-bond acceptors (Lipinski definition) is 6. The third-order valence-electron chi connectivity index (χ3n) is 9.30. The Bertz CT molecular complexity index is 1420. The van der Waals surface area contributed by atoms with Crippen molar-refractivity contribution in [2.75, 3.05) is 51.8 Å². The standard InChI is InChI=1S/C31H39ClN4O3/c1-31(2)23-9-8-22(18-26(23)36-25-7-5-6-24(32)27(25)28(37)33-30(31)36)35-16-10-20(11-17-35)19-34-14-12-21(13-15-34)29(38-3)39-4/h5-9,18,20-21,29H,10-17,19H2,1-4H3. The zero-order valence-electron chi connectivity index (χ0n) is 23.5. The molecule has 2 saturated heterocycles. The Kier molecular flexibility index (Phi) is 7.21. The molecule has 4 heterocycles. The van der Waals surface area contributed by atoms with Crippen LogP contribution in [0.5, 0.6) is 0 Å². The van der Waals surface area contributed by atoms with Gasteiger partial charge in [-0.1, -0.05) is 23.7 Å². The van der Waals surface area contributed by atoms with Crippen LogP contribution in [0.15, 0.2) is 41.2 Å². The van der Waals surface area contributed by atoms with E-state index in [1.54, 1.807) is 20.3 Å². The summed E-state index contributed by atoms with van der Waals surface area (Å²) in [5.41, 5.74) is 3.72. The molecule has 1 aromatic heterocycles. The first-order chi connectivity index (χ1) is 18.8. The fraction of sp³-hybridized carbons (Fsp3) is 0.548. The number of anilines is 1. The summed E-state index contributed by atoms with van der Waals surface area (Å²) in [6, 6.07) is 12.4. The highest BCUT2D eigenvalue weighted by Gasteiger charge is 2.39. The summed E-state index contributed by atoms with van der Waals surface area (Å²) in [7, 11) is 3.48. The topological polar surface area (TPSA) is 59.8 Å². The van der Waals surface area contributed by atoms with Gasteiger partial charge in [0.15, 0.2) is 6.29 Å². The molecule has 3 aliphatic rings. The summed E-state index contributed by atoms with van der Waals surface area (Å²) in [5, 5.41) is 0.938. The van der Waals surface area contributed by atoms with Gasteiger partial charge >= 0.3 is 0 Å². The lowest BCUT2D eigenvalue weighted by Crippen LogP contribution is -2.43. The smallest absolute Gasteiger partial charge is 0.282 e. The van der Waals surface area contributed by atoms with Crippen LogP contribution in [0.2, 0.25) is 5.02 Å². The van der Waals surface area contributed by atoms with Crippen molar-refractivity contribution in [3.8, 4) is 5.69 Å². The summed E-state index contributed by atoms with van der Waals surface area (Å²) in [6.45, 7) is 9.84. The van der Waals surface area contributed by atoms with Gasteiger partial charge < -0.3 is 19.3 Å². The zero-order chi connectivity index (χ0) is 27.3. The van der Waals surface area contributed by atoms with Crippen molar-refractivity contribution in [1.29, 1.82) is 0 Å². The van der Waals surface area contributed by atoms with E-state index in [0.29, 0.717) is 16.3 Å². The molecule has 0 spiro atoms. The van der Waals surface area contributed by atoms with E-state index in [9.17, 15) is 4.79 Å². The van der Waals surface area contributed by atoms with Gasteiger partial charge in [-0.2, -0.15) is 4.98 Å². The van der Waals surface area contributed by atoms with Crippen LogP contribution in [0.4, 0.5) is 5.69 Å². The maximum Gasteiger partial charge on any atom is 0.282 e. The van der Waals surface area contributed by atoms with Crippen molar-refractivity contribution >= 4 is 28.2 Å². The lowest BCUT2D eigenvalue weighted by molar-refractivity contribution is -0.147. The van der Waals surface area contributed by atoms with Crippen LogP contribution in [-0.2, 0) is 14.9 Å². The molecular formula is C31H39ClN4O3. The van der Waals surface area contributed by atoms with Crippen molar-refractivity contribution in [2.45, 2.75) is 51.2 Å². The summed E-state index contributed by atoms with van der Waals surface area (Å²) in [5.74, 6) is 2.00. The lowest BCUT2D eigenvalue weighted by Gasteiger charge is -2.39. The Morgan fingerprint density at radius 2 is 1.74 bits per heavy atom. The molecule has 0 aliphatic carbocycles. The van der Waals surface area contributed by atoms with E-state index in [1.165, 1.54) is 30.6 Å². The second-order valence-corrected chi connectivity index (χ2v) is 12.4. The van der Waals surface area contributed by atoms with Crippen molar-refractivity contribution in [1.82, 2.24) is 14.5 Å². The van der Waals surface area contributed by atoms with Crippen molar-refractivity contribution < 1.29 is 9.47 Å². The van der Waals surface area contributed by atoms with Gasteiger partial charge in [0.05, 0.1) is 27.0 Å². The highest BCUT2D eigenvalue weighted by molar-refractivity contribution is 6.35. The highest BCUT2D eigenvalue weighted by atomic mass is 35.5. The summed E-state index contributed by atoms with van der Waals surface area (Å²) >= 11 is 6.46. The molecule has 0 unspecified atom stereocenters. The van der Waals surface area contributed by atoms with Crippen LogP contribution in [-0.4, -0.2) is 67.7 Å². The largest absolute Gasteiger partial charge is 0.371 e. The second-order valence-electron chi connectivity index (χ2n) is 11.9. The summed E-state index contributed by atoms with van der Waals surface area (Å²) in [6.07, 6.45) is 4.60. The number of hydrogen-bond donors (Lipinski definition) is 0. The number of methoxy groups -OCH3 is 2. The monoisotopic (exact) mass is 550 g/mol. The molecule has 39 heavy (non-hydrogen) atoms. The average Bonchev–Trinajstić information content (AvgIpc) is 3.16. The number of rotatable bonds is 6. The van der Waals surface area contributed by atoms with Gasteiger partial charge in [0.2, 0.25) is 0 Å². The van der Waals surface area contributed by atoms with Crippen LogP contribution in [0.3, 0.4) is 0 Å². The van der Waals surface area contributed by atoms with Crippen molar-refractivity contribution in [2.24, 2.45) is 11.8 Å². The number of piperidine rings is 2.